The molecule has 0 radical (unpaired) electrons. The number of aryl methyl sites for hydroxylation is 3. The number of carbonyl (C=O) groups excluding carboxylic acids is 1. The average molecular weight is 369 g/mol. The molecule has 1 aromatic heterocycles. The number of amides is 1. The van der Waals surface area contributed by atoms with Gasteiger partial charge < -0.3 is 9.47 Å². The molecule has 0 saturated carbocycles. The molecule has 2 heterocycles. The van der Waals surface area contributed by atoms with E-state index in [1.807, 2.05) is 44.2 Å². The highest BCUT2D eigenvalue weighted by molar-refractivity contribution is 5.83. The zero-order chi connectivity index (χ0) is 19.4. The van der Waals surface area contributed by atoms with Crippen molar-refractivity contribution in [3.63, 3.8) is 0 Å². The first-order valence-corrected chi connectivity index (χ1v) is 9.96. The predicted octanol–water partition coefficient (Wildman–Crippen LogP) is 3.43. The molecular formula is C22H32N4O. The minimum absolute atomic E-state index is 0.198. The van der Waals surface area contributed by atoms with Crippen molar-refractivity contribution in [1.82, 2.24) is 19.4 Å². The molecule has 0 aliphatic carbocycles. The minimum atomic E-state index is -0.198. The van der Waals surface area contributed by atoms with Gasteiger partial charge in [-0.3, -0.25) is 9.69 Å². The molecule has 5 heteroatoms. The van der Waals surface area contributed by atoms with Gasteiger partial charge in [0.25, 0.3) is 0 Å². The SMILES string of the molecule is Cc1ccccc1[C@@H](C(=O)N1CCC(CCn2ccnc2C)CC1)N(C)C. The van der Waals surface area contributed by atoms with Crippen LogP contribution in [0.1, 0.15) is 42.3 Å². The lowest BCUT2D eigenvalue weighted by molar-refractivity contribution is -0.137. The molecule has 1 amide bonds. The van der Waals surface area contributed by atoms with Crippen molar-refractivity contribution in [3.8, 4) is 0 Å². The number of likely N-dealkylation sites (N-methyl/N-ethyl adjacent to an activating group) is 1. The van der Waals surface area contributed by atoms with E-state index in [4.69, 9.17) is 0 Å². The average Bonchev–Trinajstić information content (AvgIpc) is 3.07. The van der Waals surface area contributed by atoms with Crippen LogP contribution >= 0.6 is 0 Å². The summed E-state index contributed by atoms with van der Waals surface area (Å²) in [6, 6.07) is 8.03. The van der Waals surface area contributed by atoms with Gasteiger partial charge in [0.05, 0.1) is 0 Å². The Morgan fingerprint density at radius 1 is 1.22 bits per heavy atom. The third-order valence-electron chi connectivity index (χ3n) is 5.86. The smallest absolute Gasteiger partial charge is 0.244 e. The monoisotopic (exact) mass is 368 g/mol. The summed E-state index contributed by atoms with van der Waals surface area (Å²) in [5, 5.41) is 0. The van der Waals surface area contributed by atoms with Gasteiger partial charge in [-0.05, 0) is 64.3 Å². The quantitative estimate of drug-likeness (QED) is 0.784. The maximum atomic E-state index is 13.3. The van der Waals surface area contributed by atoms with Gasteiger partial charge in [0, 0.05) is 32.0 Å². The fourth-order valence-electron chi connectivity index (χ4n) is 4.10. The third-order valence-corrected chi connectivity index (χ3v) is 5.86. The standard InChI is InChI=1S/C22H32N4O/c1-17-7-5-6-8-20(17)21(24(3)4)22(27)26-14-10-19(11-15-26)9-13-25-16-12-23-18(25)2/h5-8,12,16,19,21H,9-11,13-15H2,1-4H3/t21-/m0/s1. The number of hydrogen-bond donors (Lipinski definition) is 0. The molecule has 5 nitrogen and oxygen atoms in total. The normalized spacial score (nSPS) is 16.7. The number of hydrogen-bond acceptors (Lipinski definition) is 3. The first kappa shape index (κ1) is 19.6. The molecule has 0 bridgehead atoms. The molecule has 2 aromatic rings. The molecule has 0 N–H and O–H groups in total. The van der Waals surface area contributed by atoms with Gasteiger partial charge in [-0.15, -0.1) is 0 Å². The first-order chi connectivity index (χ1) is 13.0. The van der Waals surface area contributed by atoms with Gasteiger partial charge in [-0.2, -0.15) is 0 Å². The second-order valence-electron chi connectivity index (χ2n) is 7.95. The van der Waals surface area contributed by atoms with E-state index in [0.29, 0.717) is 5.92 Å². The molecule has 1 fully saturated rings. The van der Waals surface area contributed by atoms with E-state index >= 15 is 0 Å². The fourth-order valence-corrected chi connectivity index (χ4v) is 4.10. The molecule has 3 rings (SSSR count). The van der Waals surface area contributed by atoms with Crippen molar-refractivity contribution in [2.75, 3.05) is 27.2 Å². The van der Waals surface area contributed by atoms with E-state index in [9.17, 15) is 4.79 Å². The van der Waals surface area contributed by atoms with E-state index in [1.165, 1.54) is 5.56 Å². The van der Waals surface area contributed by atoms with Crippen LogP contribution in [0, 0.1) is 19.8 Å². The molecule has 1 saturated heterocycles. The maximum absolute atomic E-state index is 13.3. The summed E-state index contributed by atoms with van der Waals surface area (Å²) in [7, 11) is 3.99. The topological polar surface area (TPSA) is 41.4 Å². The Hall–Kier alpha value is -2.14. The highest BCUT2D eigenvalue weighted by Gasteiger charge is 2.31. The van der Waals surface area contributed by atoms with Crippen molar-refractivity contribution in [1.29, 1.82) is 0 Å². The number of benzene rings is 1. The highest BCUT2D eigenvalue weighted by Crippen LogP contribution is 2.28. The minimum Gasteiger partial charge on any atom is -0.341 e. The number of carbonyl (C=O) groups is 1. The second-order valence-corrected chi connectivity index (χ2v) is 7.95. The van der Waals surface area contributed by atoms with E-state index in [1.54, 1.807) is 0 Å². The van der Waals surface area contributed by atoms with E-state index in [2.05, 4.69) is 39.7 Å². The van der Waals surface area contributed by atoms with Gasteiger partial charge in [-0.1, -0.05) is 24.3 Å². The van der Waals surface area contributed by atoms with E-state index in [-0.39, 0.29) is 11.9 Å². The van der Waals surface area contributed by atoms with Gasteiger partial charge in [-0.25, -0.2) is 4.98 Å². The van der Waals surface area contributed by atoms with Crippen LogP contribution in [0.5, 0.6) is 0 Å². The summed E-state index contributed by atoms with van der Waals surface area (Å²) < 4.78 is 2.22. The van der Waals surface area contributed by atoms with Gasteiger partial charge in [0.1, 0.15) is 11.9 Å². The summed E-state index contributed by atoms with van der Waals surface area (Å²) in [6.07, 6.45) is 7.26. The number of nitrogens with zero attached hydrogens (tertiary/aromatic N) is 4. The molecule has 0 unspecified atom stereocenters. The Bertz CT molecular complexity index is 759. The van der Waals surface area contributed by atoms with Crippen LogP contribution in [-0.2, 0) is 11.3 Å². The Balaban J connectivity index is 1.58. The summed E-state index contributed by atoms with van der Waals surface area (Å²) in [5.41, 5.74) is 2.29. The van der Waals surface area contributed by atoms with Crippen LogP contribution in [0.25, 0.3) is 0 Å². The van der Waals surface area contributed by atoms with Crippen LogP contribution in [0.2, 0.25) is 0 Å². The van der Waals surface area contributed by atoms with Gasteiger partial charge >= 0.3 is 0 Å². The van der Waals surface area contributed by atoms with Crippen LogP contribution in [0.3, 0.4) is 0 Å². The van der Waals surface area contributed by atoms with Crippen LogP contribution in [0.15, 0.2) is 36.7 Å². The van der Waals surface area contributed by atoms with Crippen molar-refractivity contribution in [2.24, 2.45) is 5.92 Å². The first-order valence-electron chi connectivity index (χ1n) is 9.96. The Kier molecular flexibility index (Phi) is 6.32. The molecule has 146 valence electrons. The third kappa shape index (κ3) is 4.59. The fraction of sp³-hybridized carbons (Fsp3) is 0.545. The molecule has 1 atom stereocenters. The zero-order valence-corrected chi connectivity index (χ0v) is 17.1. The van der Waals surface area contributed by atoms with Crippen LogP contribution < -0.4 is 0 Å². The lowest BCUT2D eigenvalue weighted by Crippen LogP contribution is -2.44. The van der Waals surface area contributed by atoms with Crippen molar-refractivity contribution in [2.45, 2.75) is 45.7 Å². The Morgan fingerprint density at radius 3 is 2.52 bits per heavy atom. The van der Waals surface area contributed by atoms with Gasteiger partial charge in [0.15, 0.2) is 0 Å². The Labute approximate surface area is 163 Å². The van der Waals surface area contributed by atoms with Gasteiger partial charge in [0.2, 0.25) is 5.91 Å². The summed E-state index contributed by atoms with van der Waals surface area (Å²) in [5.74, 6) is 2.00. The zero-order valence-electron chi connectivity index (χ0n) is 17.1. The molecular weight excluding hydrogens is 336 g/mol. The van der Waals surface area contributed by atoms with Crippen LogP contribution in [0.4, 0.5) is 0 Å². The number of piperidine rings is 1. The van der Waals surface area contributed by atoms with E-state index in [0.717, 1.165) is 50.3 Å². The van der Waals surface area contributed by atoms with Crippen molar-refractivity contribution >= 4 is 5.91 Å². The van der Waals surface area contributed by atoms with E-state index < -0.39 is 0 Å². The lowest BCUT2D eigenvalue weighted by Gasteiger charge is -2.36. The molecule has 1 aromatic carbocycles. The molecule has 27 heavy (non-hydrogen) atoms. The number of likely N-dealkylation sites (tertiary alicyclic amines) is 1. The molecule has 1 aliphatic rings. The number of rotatable bonds is 6. The summed E-state index contributed by atoms with van der Waals surface area (Å²) in [6.45, 7) is 6.89. The van der Waals surface area contributed by atoms with Crippen molar-refractivity contribution < 1.29 is 4.79 Å². The Morgan fingerprint density at radius 2 is 1.93 bits per heavy atom. The molecule has 1 aliphatic heterocycles. The number of imidazole rings is 1. The van der Waals surface area contributed by atoms with Crippen LogP contribution in [-0.4, -0.2) is 52.4 Å². The highest BCUT2D eigenvalue weighted by atomic mass is 16.2. The second kappa shape index (κ2) is 8.70. The largest absolute Gasteiger partial charge is 0.341 e. The summed E-state index contributed by atoms with van der Waals surface area (Å²) >= 11 is 0. The maximum Gasteiger partial charge on any atom is 0.244 e. The lowest BCUT2D eigenvalue weighted by atomic mass is 9.92. The molecule has 0 spiro atoms. The summed E-state index contributed by atoms with van der Waals surface area (Å²) in [4.78, 5) is 21.7. The van der Waals surface area contributed by atoms with Crippen molar-refractivity contribution in [3.05, 3.63) is 53.6 Å². The number of aromatic nitrogens is 2. The predicted molar refractivity (Wildman–Crippen MR) is 108 cm³/mol.